The van der Waals surface area contributed by atoms with Crippen LogP contribution in [-0.2, 0) is 4.79 Å². The number of nitrogens with zero attached hydrogens (tertiary/aromatic N) is 1. The number of halogens is 3. The van der Waals surface area contributed by atoms with Crippen LogP contribution in [-0.4, -0.2) is 28.5 Å². The summed E-state index contributed by atoms with van der Waals surface area (Å²) in [7, 11) is 0. The molecule has 1 heterocycles. The quantitative estimate of drug-likeness (QED) is 0.819. The first kappa shape index (κ1) is 15.0. The molecule has 98 valence electrons. The number of hydrogen-bond acceptors (Lipinski definition) is 3. The minimum atomic E-state index is -0.921. The number of carboxylic acid groups (broad SMARTS) is 1. The van der Waals surface area contributed by atoms with Crippen LogP contribution in [0.1, 0.15) is 23.3 Å². The van der Waals surface area contributed by atoms with E-state index in [4.69, 9.17) is 39.9 Å². The van der Waals surface area contributed by atoms with Crippen molar-refractivity contribution in [3.8, 4) is 0 Å². The van der Waals surface area contributed by atoms with Crippen LogP contribution >= 0.6 is 34.8 Å². The van der Waals surface area contributed by atoms with Gasteiger partial charge in [-0.05, 0) is 6.42 Å². The predicted octanol–water partition coefficient (Wildman–Crippen LogP) is 2.64. The molecule has 1 aromatic heterocycles. The zero-order valence-electron chi connectivity index (χ0n) is 9.04. The first-order valence-electron chi connectivity index (χ1n) is 4.93. The van der Waals surface area contributed by atoms with Gasteiger partial charge in [0.1, 0.15) is 5.69 Å². The number of aliphatic carboxylic acids is 1. The number of carbonyl (C=O) groups excluding carboxylic acids is 1. The van der Waals surface area contributed by atoms with E-state index < -0.39 is 11.9 Å². The van der Waals surface area contributed by atoms with Gasteiger partial charge in [0.05, 0.1) is 15.1 Å². The van der Waals surface area contributed by atoms with E-state index in [9.17, 15) is 9.59 Å². The average Bonchev–Trinajstić information content (AvgIpc) is 2.31. The number of hydrogen-bond donors (Lipinski definition) is 2. The molecule has 1 aromatic rings. The molecule has 0 saturated heterocycles. The fourth-order valence-corrected chi connectivity index (χ4v) is 1.69. The molecule has 0 aliphatic heterocycles. The Morgan fingerprint density at radius 3 is 2.56 bits per heavy atom. The molecule has 0 aromatic carbocycles. The van der Waals surface area contributed by atoms with Crippen LogP contribution < -0.4 is 5.32 Å². The maximum atomic E-state index is 11.7. The molecular weight excluding hydrogens is 302 g/mol. The third-order valence-corrected chi connectivity index (χ3v) is 3.23. The molecule has 5 nitrogen and oxygen atoms in total. The van der Waals surface area contributed by atoms with Crippen LogP contribution in [0.15, 0.2) is 6.20 Å². The average molecular weight is 312 g/mol. The van der Waals surface area contributed by atoms with Gasteiger partial charge in [0.15, 0.2) is 0 Å². The topological polar surface area (TPSA) is 79.3 Å². The van der Waals surface area contributed by atoms with Gasteiger partial charge in [0, 0.05) is 19.2 Å². The summed E-state index contributed by atoms with van der Waals surface area (Å²) in [6.45, 7) is 0.212. The monoisotopic (exact) mass is 310 g/mol. The number of nitrogens with one attached hydrogen (secondary N) is 1. The molecule has 18 heavy (non-hydrogen) atoms. The first-order valence-corrected chi connectivity index (χ1v) is 6.06. The lowest BCUT2D eigenvalue weighted by atomic mass is 10.3. The van der Waals surface area contributed by atoms with Crippen molar-refractivity contribution in [2.45, 2.75) is 12.8 Å². The summed E-state index contributed by atoms with van der Waals surface area (Å²) in [4.78, 5) is 25.7. The highest BCUT2D eigenvalue weighted by molar-refractivity contribution is 6.48. The minimum Gasteiger partial charge on any atom is -0.481 e. The largest absolute Gasteiger partial charge is 0.481 e. The zero-order chi connectivity index (χ0) is 13.7. The van der Waals surface area contributed by atoms with Crippen molar-refractivity contribution in [1.82, 2.24) is 10.3 Å². The Kier molecular flexibility index (Phi) is 5.65. The van der Waals surface area contributed by atoms with E-state index in [2.05, 4.69) is 10.3 Å². The Balaban J connectivity index is 2.62. The number of carboxylic acids is 1. The molecule has 0 radical (unpaired) electrons. The lowest BCUT2D eigenvalue weighted by Gasteiger charge is -2.06. The molecular formula is C10H9Cl3N2O3. The van der Waals surface area contributed by atoms with Crippen molar-refractivity contribution < 1.29 is 14.7 Å². The van der Waals surface area contributed by atoms with Crippen LogP contribution in [0.4, 0.5) is 0 Å². The van der Waals surface area contributed by atoms with E-state index in [1.807, 2.05) is 0 Å². The van der Waals surface area contributed by atoms with E-state index in [0.29, 0.717) is 6.42 Å². The standard InChI is InChI=1S/C10H9Cl3N2O3/c11-5-4-15-9(8(13)7(5)12)10(18)14-3-1-2-6(16)17/h4H,1-3H2,(H,14,18)(H,16,17). The van der Waals surface area contributed by atoms with Crippen molar-refractivity contribution >= 4 is 46.7 Å². The molecule has 8 heteroatoms. The summed E-state index contributed by atoms with van der Waals surface area (Å²) < 4.78 is 0. The second-order valence-electron chi connectivity index (χ2n) is 3.34. The summed E-state index contributed by atoms with van der Waals surface area (Å²) in [6.07, 6.45) is 1.52. The Morgan fingerprint density at radius 1 is 1.28 bits per heavy atom. The molecule has 2 N–H and O–H groups in total. The van der Waals surface area contributed by atoms with Crippen LogP contribution in [0.5, 0.6) is 0 Å². The minimum absolute atomic E-state index is 0.0250. The van der Waals surface area contributed by atoms with Gasteiger partial charge in [-0.25, -0.2) is 4.98 Å². The summed E-state index contributed by atoms with van der Waals surface area (Å²) in [6, 6.07) is 0. The molecule has 1 amide bonds. The number of rotatable bonds is 5. The predicted molar refractivity (Wildman–Crippen MR) is 68.5 cm³/mol. The molecule has 0 spiro atoms. The summed E-state index contributed by atoms with van der Waals surface area (Å²) in [5.41, 5.74) is -0.0404. The van der Waals surface area contributed by atoms with Gasteiger partial charge in [0.25, 0.3) is 5.91 Å². The Bertz CT molecular complexity index is 480. The van der Waals surface area contributed by atoms with E-state index in [-0.39, 0.29) is 33.7 Å². The van der Waals surface area contributed by atoms with E-state index in [0.717, 1.165) is 0 Å². The molecule has 1 rings (SSSR count). The van der Waals surface area contributed by atoms with Crippen LogP contribution in [0, 0.1) is 0 Å². The van der Waals surface area contributed by atoms with Gasteiger partial charge < -0.3 is 10.4 Å². The highest BCUT2D eigenvalue weighted by atomic mass is 35.5. The molecule has 0 aliphatic carbocycles. The fraction of sp³-hybridized carbons (Fsp3) is 0.300. The van der Waals surface area contributed by atoms with E-state index >= 15 is 0 Å². The molecule has 0 atom stereocenters. The third-order valence-electron chi connectivity index (χ3n) is 1.99. The SMILES string of the molecule is O=C(O)CCCNC(=O)c1ncc(Cl)c(Cl)c1Cl. The highest BCUT2D eigenvalue weighted by Gasteiger charge is 2.16. The first-order chi connectivity index (χ1) is 8.43. The second-order valence-corrected chi connectivity index (χ2v) is 4.50. The molecule has 0 fully saturated rings. The van der Waals surface area contributed by atoms with Gasteiger partial charge in [-0.15, -0.1) is 0 Å². The molecule has 0 saturated carbocycles. The van der Waals surface area contributed by atoms with E-state index in [1.54, 1.807) is 0 Å². The number of carbonyl (C=O) groups is 2. The van der Waals surface area contributed by atoms with Crippen LogP contribution in [0.25, 0.3) is 0 Å². The van der Waals surface area contributed by atoms with Crippen molar-refractivity contribution in [3.05, 3.63) is 27.0 Å². The van der Waals surface area contributed by atoms with Gasteiger partial charge in [-0.3, -0.25) is 9.59 Å². The molecule has 0 unspecified atom stereocenters. The Morgan fingerprint density at radius 2 is 1.94 bits per heavy atom. The number of aromatic nitrogens is 1. The smallest absolute Gasteiger partial charge is 0.303 e. The number of pyridine rings is 1. The van der Waals surface area contributed by atoms with Gasteiger partial charge in [-0.1, -0.05) is 34.8 Å². The van der Waals surface area contributed by atoms with Crippen molar-refractivity contribution in [3.63, 3.8) is 0 Å². The summed E-state index contributed by atoms with van der Waals surface area (Å²) in [5, 5.41) is 11.1. The normalized spacial score (nSPS) is 10.2. The van der Waals surface area contributed by atoms with Crippen molar-refractivity contribution in [1.29, 1.82) is 0 Å². The molecule has 0 bridgehead atoms. The summed E-state index contributed by atoms with van der Waals surface area (Å²) in [5.74, 6) is -1.45. The lowest BCUT2D eigenvalue weighted by molar-refractivity contribution is -0.137. The maximum absolute atomic E-state index is 11.7. The van der Waals surface area contributed by atoms with Crippen molar-refractivity contribution in [2.75, 3.05) is 6.54 Å². The lowest BCUT2D eigenvalue weighted by Crippen LogP contribution is -2.26. The van der Waals surface area contributed by atoms with Crippen molar-refractivity contribution in [2.24, 2.45) is 0 Å². The summed E-state index contributed by atoms with van der Waals surface area (Å²) >= 11 is 17.3. The Labute approximate surface area is 118 Å². The van der Waals surface area contributed by atoms with Gasteiger partial charge in [0.2, 0.25) is 0 Å². The fourth-order valence-electron chi connectivity index (χ4n) is 1.13. The van der Waals surface area contributed by atoms with Gasteiger partial charge in [-0.2, -0.15) is 0 Å². The van der Waals surface area contributed by atoms with Crippen LogP contribution in [0.3, 0.4) is 0 Å². The zero-order valence-corrected chi connectivity index (χ0v) is 11.3. The van der Waals surface area contributed by atoms with Crippen LogP contribution in [0.2, 0.25) is 15.1 Å². The maximum Gasteiger partial charge on any atom is 0.303 e. The molecule has 0 aliphatic rings. The second kappa shape index (κ2) is 6.78. The third kappa shape index (κ3) is 4.01. The number of amides is 1. The van der Waals surface area contributed by atoms with E-state index in [1.165, 1.54) is 6.20 Å². The highest BCUT2D eigenvalue weighted by Crippen LogP contribution is 2.30. The Hall–Kier alpha value is -1.04. The van der Waals surface area contributed by atoms with Gasteiger partial charge >= 0.3 is 5.97 Å².